The molecule has 0 saturated carbocycles. The number of nitrogens with one attached hydrogen (secondary N) is 1. The van der Waals surface area contributed by atoms with Gasteiger partial charge in [-0.25, -0.2) is 0 Å². The summed E-state index contributed by atoms with van der Waals surface area (Å²) in [6.07, 6.45) is 2.83. The summed E-state index contributed by atoms with van der Waals surface area (Å²) < 4.78 is 0. The molecule has 0 aliphatic carbocycles. The van der Waals surface area contributed by atoms with Crippen molar-refractivity contribution in [3.63, 3.8) is 0 Å². The summed E-state index contributed by atoms with van der Waals surface area (Å²) in [5, 5.41) is 24.6. The summed E-state index contributed by atoms with van der Waals surface area (Å²) in [5.41, 5.74) is -1.24. The fraction of sp³-hybridized carbons (Fsp3) is 0.500. The van der Waals surface area contributed by atoms with Gasteiger partial charge < -0.3 is 10.4 Å². The Morgan fingerprint density at radius 3 is 2.90 bits per heavy atom. The van der Waals surface area contributed by atoms with Crippen LogP contribution in [-0.4, -0.2) is 33.4 Å². The highest BCUT2D eigenvalue weighted by Crippen LogP contribution is 2.42. The van der Waals surface area contributed by atoms with E-state index in [1.165, 1.54) is 18.2 Å². The minimum absolute atomic E-state index is 0.0414. The fourth-order valence-electron chi connectivity index (χ4n) is 3.24. The predicted molar refractivity (Wildman–Crippen MR) is 75.6 cm³/mol. The number of likely N-dealkylation sites (tertiary alicyclic amines) is 1. The number of nitro groups is 1. The van der Waals surface area contributed by atoms with Crippen molar-refractivity contribution < 1.29 is 14.8 Å². The maximum absolute atomic E-state index is 12.3. The van der Waals surface area contributed by atoms with Crippen molar-refractivity contribution >= 4 is 17.3 Å². The van der Waals surface area contributed by atoms with E-state index in [4.69, 9.17) is 0 Å². The first-order chi connectivity index (χ1) is 9.94. The SMILES string of the molecule is C[C@@H]1CCCCN1[C@]1(O)C(=O)Nc2ccc([N+](=O)[O-])cc21. The average Bonchev–Trinajstić information content (AvgIpc) is 2.71. The van der Waals surface area contributed by atoms with Gasteiger partial charge in [-0.2, -0.15) is 0 Å². The van der Waals surface area contributed by atoms with E-state index >= 15 is 0 Å². The Balaban J connectivity index is 2.09. The number of hydrogen-bond donors (Lipinski definition) is 2. The first-order valence-corrected chi connectivity index (χ1v) is 7.04. The molecule has 2 aliphatic rings. The van der Waals surface area contributed by atoms with Gasteiger partial charge >= 0.3 is 0 Å². The van der Waals surface area contributed by atoms with Gasteiger partial charge in [-0.15, -0.1) is 0 Å². The zero-order valence-electron chi connectivity index (χ0n) is 11.7. The molecule has 1 amide bonds. The molecule has 0 unspecified atom stereocenters. The highest BCUT2D eigenvalue weighted by molar-refractivity contribution is 6.04. The molecule has 0 bridgehead atoms. The molecule has 112 valence electrons. The molecule has 7 heteroatoms. The molecule has 1 saturated heterocycles. The van der Waals surface area contributed by atoms with E-state index in [2.05, 4.69) is 5.32 Å². The van der Waals surface area contributed by atoms with E-state index in [1.807, 2.05) is 6.92 Å². The third-order valence-electron chi connectivity index (χ3n) is 4.37. The number of nitro benzene ring substituents is 1. The molecule has 1 aromatic carbocycles. The zero-order chi connectivity index (χ0) is 15.2. The molecule has 2 aliphatic heterocycles. The fourth-order valence-corrected chi connectivity index (χ4v) is 3.24. The monoisotopic (exact) mass is 291 g/mol. The maximum Gasteiger partial charge on any atom is 0.276 e. The van der Waals surface area contributed by atoms with Crippen LogP contribution in [0, 0.1) is 10.1 Å². The first-order valence-electron chi connectivity index (χ1n) is 7.04. The number of piperidine rings is 1. The number of benzene rings is 1. The maximum atomic E-state index is 12.3. The summed E-state index contributed by atoms with van der Waals surface area (Å²) in [6, 6.07) is 4.12. The van der Waals surface area contributed by atoms with Crippen molar-refractivity contribution in [2.75, 3.05) is 11.9 Å². The molecule has 2 heterocycles. The predicted octanol–water partition coefficient (Wildman–Crippen LogP) is 1.57. The number of carbonyl (C=O) groups is 1. The van der Waals surface area contributed by atoms with Crippen LogP contribution in [0.4, 0.5) is 11.4 Å². The topological polar surface area (TPSA) is 95.7 Å². The third kappa shape index (κ3) is 2.00. The number of non-ortho nitro benzene ring substituents is 1. The van der Waals surface area contributed by atoms with Gasteiger partial charge in [-0.1, -0.05) is 6.42 Å². The normalized spacial score (nSPS) is 29.0. The van der Waals surface area contributed by atoms with E-state index in [-0.39, 0.29) is 17.3 Å². The van der Waals surface area contributed by atoms with Crippen LogP contribution in [0.5, 0.6) is 0 Å². The molecule has 21 heavy (non-hydrogen) atoms. The number of rotatable bonds is 2. The van der Waals surface area contributed by atoms with Gasteiger partial charge in [0.15, 0.2) is 0 Å². The minimum atomic E-state index is -1.82. The van der Waals surface area contributed by atoms with Crippen molar-refractivity contribution in [3.05, 3.63) is 33.9 Å². The minimum Gasteiger partial charge on any atom is -0.364 e. The molecule has 2 N–H and O–H groups in total. The van der Waals surface area contributed by atoms with E-state index in [9.17, 15) is 20.0 Å². The molecular weight excluding hydrogens is 274 g/mol. The van der Waals surface area contributed by atoms with Crippen LogP contribution in [0.3, 0.4) is 0 Å². The van der Waals surface area contributed by atoms with E-state index < -0.39 is 16.6 Å². The van der Waals surface area contributed by atoms with Gasteiger partial charge in [0.25, 0.3) is 11.6 Å². The molecule has 1 aromatic rings. The molecule has 2 atom stereocenters. The smallest absolute Gasteiger partial charge is 0.276 e. The van der Waals surface area contributed by atoms with Crippen LogP contribution >= 0.6 is 0 Å². The van der Waals surface area contributed by atoms with E-state index in [0.29, 0.717) is 12.2 Å². The number of nitrogens with zero attached hydrogens (tertiary/aromatic N) is 2. The molecule has 0 radical (unpaired) electrons. The van der Waals surface area contributed by atoms with Gasteiger partial charge in [0.1, 0.15) is 0 Å². The van der Waals surface area contributed by atoms with E-state index in [0.717, 1.165) is 19.3 Å². The molecule has 7 nitrogen and oxygen atoms in total. The highest BCUT2D eigenvalue weighted by atomic mass is 16.6. The Kier molecular flexibility index (Phi) is 3.18. The number of amides is 1. The van der Waals surface area contributed by atoms with Gasteiger partial charge in [0.05, 0.1) is 4.92 Å². The van der Waals surface area contributed by atoms with Gasteiger partial charge in [-0.3, -0.25) is 19.8 Å². The standard InChI is InChI=1S/C14H17N3O4/c1-9-4-2-3-7-16(9)14(19)11-8-10(17(20)21)5-6-12(11)15-13(14)18/h5-6,8-9,19H,2-4,7H2,1H3,(H,15,18)/t9-,14-/m1/s1. The molecule has 0 spiro atoms. The van der Waals surface area contributed by atoms with Crippen molar-refractivity contribution in [3.8, 4) is 0 Å². The van der Waals surface area contributed by atoms with Crippen LogP contribution in [0.2, 0.25) is 0 Å². The van der Waals surface area contributed by atoms with Gasteiger partial charge in [-0.05, 0) is 25.8 Å². The number of fused-ring (bicyclic) bond motifs is 1. The van der Waals surface area contributed by atoms with Crippen molar-refractivity contribution in [2.45, 2.75) is 38.0 Å². The Morgan fingerprint density at radius 2 is 2.24 bits per heavy atom. The first kappa shape index (κ1) is 14.0. The van der Waals surface area contributed by atoms with Crippen molar-refractivity contribution in [1.29, 1.82) is 0 Å². The highest BCUT2D eigenvalue weighted by Gasteiger charge is 2.52. The lowest BCUT2D eigenvalue weighted by Crippen LogP contribution is -2.56. The summed E-state index contributed by atoms with van der Waals surface area (Å²) in [4.78, 5) is 24.5. The van der Waals surface area contributed by atoms with Crippen LogP contribution < -0.4 is 5.32 Å². The Hall–Kier alpha value is -1.99. The van der Waals surface area contributed by atoms with Crippen LogP contribution in [-0.2, 0) is 10.5 Å². The second-order valence-electron chi connectivity index (χ2n) is 5.65. The number of anilines is 1. The second-order valence-corrected chi connectivity index (χ2v) is 5.65. The Morgan fingerprint density at radius 1 is 1.48 bits per heavy atom. The zero-order valence-corrected chi connectivity index (χ0v) is 11.7. The summed E-state index contributed by atoms with van der Waals surface area (Å²) >= 11 is 0. The Labute approximate surface area is 121 Å². The lowest BCUT2D eigenvalue weighted by Gasteiger charge is -2.42. The van der Waals surface area contributed by atoms with Gasteiger partial charge in [0.2, 0.25) is 5.72 Å². The average molecular weight is 291 g/mol. The lowest BCUT2D eigenvalue weighted by atomic mass is 9.95. The van der Waals surface area contributed by atoms with E-state index in [1.54, 1.807) is 4.90 Å². The lowest BCUT2D eigenvalue weighted by molar-refractivity contribution is -0.385. The van der Waals surface area contributed by atoms with Crippen molar-refractivity contribution in [2.24, 2.45) is 0 Å². The van der Waals surface area contributed by atoms with Crippen LogP contribution in [0.25, 0.3) is 0 Å². The molecular formula is C14H17N3O4. The largest absolute Gasteiger partial charge is 0.364 e. The quantitative estimate of drug-likeness (QED) is 0.637. The Bertz CT molecular complexity index is 618. The second kappa shape index (κ2) is 4.78. The summed E-state index contributed by atoms with van der Waals surface area (Å²) in [6.45, 7) is 2.55. The number of aliphatic hydroxyl groups is 1. The number of carbonyl (C=O) groups excluding carboxylic acids is 1. The van der Waals surface area contributed by atoms with Gasteiger partial charge in [0, 0.05) is 36.0 Å². The summed E-state index contributed by atoms with van der Waals surface area (Å²) in [7, 11) is 0. The third-order valence-corrected chi connectivity index (χ3v) is 4.37. The van der Waals surface area contributed by atoms with Crippen LogP contribution in [0.15, 0.2) is 18.2 Å². The van der Waals surface area contributed by atoms with Crippen LogP contribution in [0.1, 0.15) is 31.7 Å². The van der Waals surface area contributed by atoms with Crippen molar-refractivity contribution in [1.82, 2.24) is 4.90 Å². The summed E-state index contributed by atoms with van der Waals surface area (Å²) in [5.74, 6) is -0.535. The molecule has 0 aromatic heterocycles. The molecule has 1 fully saturated rings. The number of hydrogen-bond acceptors (Lipinski definition) is 5. The molecule has 3 rings (SSSR count).